The Labute approximate surface area is 151 Å². The van der Waals surface area contributed by atoms with Crippen molar-refractivity contribution in [3.63, 3.8) is 0 Å². The fourth-order valence-electron chi connectivity index (χ4n) is 2.79. The number of para-hydroxylation sites is 2. The SMILES string of the molecule is CCC(CCOC)Nc1ccc(-c2nc3ccccc3o2)cc1[N+](=O)[O-]. The monoisotopic (exact) mass is 355 g/mol. The van der Waals surface area contributed by atoms with E-state index in [0.29, 0.717) is 29.3 Å². The maximum absolute atomic E-state index is 11.6. The number of rotatable bonds is 8. The Hall–Kier alpha value is -2.93. The molecule has 3 rings (SSSR count). The number of nitrogens with one attached hydrogen (secondary N) is 1. The van der Waals surface area contributed by atoms with Gasteiger partial charge in [0, 0.05) is 31.4 Å². The molecule has 0 amide bonds. The van der Waals surface area contributed by atoms with Gasteiger partial charge in [-0.3, -0.25) is 10.1 Å². The predicted molar refractivity (Wildman–Crippen MR) is 100 cm³/mol. The first-order valence-electron chi connectivity index (χ1n) is 8.52. The first-order valence-corrected chi connectivity index (χ1v) is 8.52. The van der Waals surface area contributed by atoms with Crippen molar-refractivity contribution in [2.24, 2.45) is 0 Å². The molecule has 1 aromatic heterocycles. The van der Waals surface area contributed by atoms with Gasteiger partial charge in [-0.05, 0) is 37.1 Å². The molecule has 3 aromatic rings. The molecule has 7 nitrogen and oxygen atoms in total. The van der Waals surface area contributed by atoms with Crippen molar-refractivity contribution < 1.29 is 14.1 Å². The Balaban J connectivity index is 1.92. The van der Waals surface area contributed by atoms with Crippen LogP contribution in [0, 0.1) is 10.1 Å². The van der Waals surface area contributed by atoms with Gasteiger partial charge in [-0.1, -0.05) is 19.1 Å². The van der Waals surface area contributed by atoms with E-state index in [1.165, 1.54) is 6.07 Å². The predicted octanol–water partition coefficient (Wildman–Crippen LogP) is 4.63. The highest BCUT2D eigenvalue weighted by Crippen LogP contribution is 2.32. The summed E-state index contributed by atoms with van der Waals surface area (Å²) in [5.74, 6) is 0.368. The number of methoxy groups -OCH3 is 1. The highest BCUT2D eigenvalue weighted by molar-refractivity contribution is 5.77. The zero-order valence-corrected chi connectivity index (χ0v) is 14.8. The van der Waals surface area contributed by atoms with Gasteiger partial charge >= 0.3 is 0 Å². The quantitative estimate of drug-likeness (QED) is 0.468. The van der Waals surface area contributed by atoms with Gasteiger partial charge in [0.25, 0.3) is 5.69 Å². The van der Waals surface area contributed by atoms with Gasteiger partial charge < -0.3 is 14.5 Å². The van der Waals surface area contributed by atoms with Crippen LogP contribution in [0.15, 0.2) is 46.9 Å². The molecule has 0 aliphatic heterocycles. The maximum Gasteiger partial charge on any atom is 0.293 e. The van der Waals surface area contributed by atoms with Crippen LogP contribution in [0.3, 0.4) is 0 Å². The van der Waals surface area contributed by atoms with Crippen LogP contribution in [-0.2, 0) is 4.74 Å². The second-order valence-electron chi connectivity index (χ2n) is 6.01. The van der Waals surface area contributed by atoms with E-state index in [1.54, 1.807) is 19.2 Å². The number of benzene rings is 2. The minimum atomic E-state index is -0.391. The average molecular weight is 355 g/mol. The van der Waals surface area contributed by atoms with E-state index in [9.17, 15) is 10.1 Å². The van der Waals surface area contributed by atoms with Gasteiger partial charge in [-0.25, -0.2) is 4.98 Å². The highest BCUT2D eigenvalue weighted by atomic mass is 16.6. The van der Waals surface area contributed by atoms with E-state index in [1.807, 2.05) is 31.2 Å². The fraction of sp³-hybridized carbons (Fsp3) is 0.316. The zero-order valence-electron chi connectivity index (χ0n) is 14.8. The van der Waals surface area contributed by atoms with E-state index in [2.05, 4.69) is 10.3 Å². The topological polar surface area (TPSA) is 90.4 Å². The Bertz CT molecular complexity index is 874. The van der Waals surface area contributed by atoms with Crippen molar-refractivity contribution >= 4 is 22.5 Å². The molecule has 0 fully saturated rings. The third kappa shape index (κ3) is 3.83. The number of nitro groups is 1. The lowest BCUT2D eigenvalue weighted by molar-refractivity contribution is -0.383. The van der Waals surface area contributed by atoms with E-state index < -0.39 is 4.92 Å². The number of fused-ring (bicyclic) bond motifs is 1. The largest absolute Gasteiger partial charge is 0.436 e. The molecule has 0 spiro atoms. The Morgan fingerprint density at radius 3 is 2.81 bits per heavy atom. The Kier molecular flexibility index (Phi) is 5.48. The number of anilines is 1. The zero-order chi connectivity index (χ0) is 18.5. The minimum absolute atomic E-state index is 0.000577. The summed E-state index contributed by atoms with van der Waals surface area (Å²) >= 11 is 0. The highest BCUT2D eigenvalue weighted by Gasteiger charge is 2.19. The summed E-state index contributed by atoms with van der Waals surface area (Å²) in [6.07, 6.45) is 1.62. The molecule has 136 valence electrons. The average Bonchev–Trinajstić information content (AvgIpc) is 3.09. The third-order valence-electron chi connectivity index (χ3n) is 4.26. The molecule has 0 radical (unpaired) electrons. The molecular weight excluding hydrogens is 334 g/mol. The molecule has 7 heteroatoms. The molecule has 26 heavy (non-hydrogen) atoms. The van der Waals surface area contributed by atoms with Crippen molar-refractivity contribution in [1.82, 2.24) is 4.98 Å². The lowest BCUT2D eigenvalue weighted by atomic mass is 10.1. The molecule has 1 N–H and O–H groups in total. The summed E-state index contributed by atoms with van der Waals surface area (Å²) < 4.78 is 10.8. The van der Waals surface area contributed by atoms with Gasteiger partial charge in [0.05, 0.1) is 4.92 Å². The summed E-state index contributed by atoms with van der Waals surface area (Å²) in [5, 5.41) is 14.8. The van der Waals surface area contributed by atoms with Crippen LogP contribution < -0.4 is 5.32 Å². The van der Waals surface area contributed by atoms with Gasteiger partial charge in [0.2, 0.25) is 5.89 Å². The van der Waals surface area contributed by atoms with Gasteiger partial charge in [-0.2, -0.15) is 0 Å². The summed E-state index contributed by atoms with van der Waals surface area (Å²) in [6.45, 7) is 2.63. The van der Waals surface area contributed by atoms with Crippen molar-refractivity contribution in [3.8, 4) is 11.5 Å². The standard InChI is InChI=1S/C19H21N3O4/c1-3-14(10-11-25-2)20-15-9-8-13(12-17(15)22(23)24)19-21-16-6-4-5-7-18(16)26-19/h4-9,12,14,20H,3,10-11H2,1-2H3. The normalized spacial score (nSPS) is 12.2. The minimum Gasteiger partial charge on any atom is -0.436 e. The van der Waals surface area contributed by atoms with Crippen molar-refractivity contribution in [2.75, 3.05) is 19.0 Å². The molecule has 1 atom stereocenters. The number of aromatic nitrogens is 1. The lowest BCUT2D eigenvalue weighted by Gasteiger charge is -2.18. The summed E-state index contributed by atoms with van der Waals surface area (Å²) in [5.41, 5.74) is 2.43. The Morgan fingerprint density at radius 2 is 2.12 bits per heavy atom. The van der Waals surface area contributed by atoms with Crippen LogP contribution in [0.2, 0.25) is 0 Å². The number of ether oxygens (including phenoxy) is 1. The molecule has 0 aliphatic rings. The first kappa shape index (κ1) is 17.9. The molecule has 0 saturated carbocycles. The molecule has 0 bridgehead atoms. The lowest BCUT2D eigenvalue weighted by Crippen LogP contribution is -2.21. The van der Waals surface area contributed by atoms with E-state index in [-0.39, 0.29) is 11.7 Å². The van der Waals surface area contributed by atoms with E-state index in [4.69, 9.17) is 9.15 Å². The van der Waals surface area contributed by atoms with E-state index >= 15 is 0 Å². The number of oxazole rings is 1. The van der Waals surface area contributed by atoms with Crippen molar-refractivity contribution in [2.45, 2.75) is 25.8 Å². The number of nitro benzene ring substituents is 1. The molecule has 1 unspecified atom stereocenters. The molecule has 2 aromatic carbocycles. The van der Waals surface area contributed by atoms with Crippen LogP contribution in [0.5, 0.6) is 0 Å². The second kappa shape index (κ2) is 7.97. The van der Waals surface area contributed by atoms with Crippen molar-refractivity contribution in [1.29, 1.82) is 0 Å². The maximum atomic E-state index is 11.6. The smallest absolute Gasteiger partial charge is 0.293 e. The van der Waals surface area contributed by atoms with Gasteiger partial charge in [0.1, 0.15) is 11.2 Å². The second-order valence-corrected chi connectivity index (χ2v) is 6.01. The molecule has 1 heterocycles. The molecular formula is C19H21N3O4. The van der Waals surface area contributed by atoms with Crippen LogP contribution >= 0.6 is 0 Å². The van der Waals surface area contributed by atoms with Crippen LogP contribution in [0.4, 0.5) is 11.4 Å². The first-order chi connectivity index (χ1) is 12.6. The Morgan fingerprint density at radius 1 is 1.31 bits per heavy atom. The van der Waals surface area contributed by atoms with E-state index in [0.717, 1.165) is 18.4 Å². The van der Waals surface area contributed by atoms with Crippen LogP contribution in [0.25, 0.3) is 22.6 Å². The fourth-order valence-corrected chi connectivity index (χ4v) is 2.79. The number of hydrogen-bond acceptors (Lipinski definition) is 6. The third-order valence-corrected chi connectivity index (χ3v) is 4.26. The summed E-state index contributed by atoms with van der Waals surface area (Å²) in [4.78, 5) is 15.6. The molecule has 0 saturated heterocycles. The summed E-state index contributed by atoms with van der Waals surface area (Å²) in [6, 6.07) is 12.5. The van der Waals surface area contributed by atoms with Gasteiger partial charge in [-0.15, -0.1) is 0 Å². The van der Waals surface area contributed by atoms with Gasteiger partial charge in [0.15, 0.2) is 5.58 Å². The summed E-state index contributed by atoms with van der Waals surface area (Å²) in [7, 11) is 1.64. The van der Waals surface area contributed by atoms with Crippen molar-refractivity contribution in [3.05, 3.63) is 52.6 Å². The molecule has 0 aliphatic carbocycles. The van der Waals surface area contributed by atoms with Crippen LogP contribution in [-0.4, -0.2) is 29.7 Å². The van der Waals surface area contributed by atoms with Crippen LogP contribution in [0.1, 0.15) is 19.8 Å². The number of nitrogens with zero attached hydrogens (tertiary/aromatic N) is 2. The number of hydrogen-bond donors (Lipinski definition) is 1.